The highest BCUT2D eigenvalue weighted by Crippen LogP contribution is 2.12. The second-order valence-electron chi connectivity index (χ2n) is 3.42. The first-order chi connectivity index (χ1) is 8.91. The highest BCUT2D eigenvalue weighted by Gasteiger charge is 2.19. The number of halogens is 2. The molecule has 0 aliphatic rings. The Morgan fingerprint density at radius 3 is 2.32 bits per heavy atom. The molecule has 0 aliphatic carbocycles. The van der Waals surface area contributed by atoms with Crippen molar-refractivity contribution >= 4 is 17.8 Å². The maximum Gasteiger partial charge on any atom is 0.344 e. The summed E-state index contributed by atoms with van der Waals surface area (Å²) in [6, 6.07) is 2.85. The van der Waals surface area contributed by atoms with Crippen LogP contribution in [0.25, 0.3) is 0 Å². The molecule has 19 heavy (non-hydrogen) atoms. The fourth-order valence-corrected chi connectivity index (χ4v) is 1.13. The molecule has 8 heteroatoms. The largest absolute Gasteiger partial charge is 0.452 e. The zero-order valence-corrected chi connectivity index (χ0v) is 9.61. The number of amides is 2. The SMILES string of the molecule is NC(=O)CNC(=O)COC(=O)c1c(F)cccc1F. The Balaban J connectivity index is 2.56. The molecule has 0 fully saturated rings. The minimum absolute atomic E-state index is 0.426. The minimum atomic E-state index is -1.31. The van der Waals surface area contributed by atoms with Gasteiger partial charge in [-0.05, 0) is 12.1 Å². The second-order valence-corrected chi connectivity index (χ2v) is 3.42. The highest BCUT2D eigenvalue weighted by atomic mass is 19.1. The smallest absolute Gasteiger partial charge is 0.344 e. The first-order valence-electron chi connectivity index (χ1n) is 5.08. The number of nitrogens with one attached hydrogen (secondary N) is 1. The van der Waals surface area contributed by atoms with E-state index in [4.69, 9.17) is 5.73 Å². The van der Waals surface area contributed by atoms with E-state index in [2.05, 4.69) is 4.74 Å². The van der Waals surface area contributed by atoms with Crippen LogP contribution in [0.1, 0.15) is 10.4 Å². The lowest BCUT2D eigenvalue weighted by Gasteiger charge is -2.06. The van der Waals surface area contributed by atoms with Gasteiger partial charge in [-0.15, -0.1) is 0 Å². The Kier molecular flexibility index (Phi) is 4.92. The Morgan fingerprint density at radius 2 is 1.79 bits per heavy atom. The maximum absolute atomic E-state index is 13.2. The van der Waals surface area contributed by atoms with E-state index in [0.717, 1.165) is 18.2 Å². The number of rotatable bonds is 5. The van der Waals surface area contributed by atoms with Crippen molar-refractivity contribution in [3.63, 3.8) is 0 Å². The molecule has 0 aromatic heterocycles. The van der Waals surface area contributed by atoms with Crippen molar-refractivity contribution in [3.8, 4) is 0 Å². The number of benzene rings is 1. The summed E-state index contributed by atoms with van der Waals surface area (Å²) in [6.07, 6.45) is 0. The fraction of sp³-hybridized carbons (Fsp3) is 0.182. The van der Waals surface area contributed by atoms with Crippen LogP contribution in [0.4, 0.5) is 8.78 Å². The van der Waals surface area contributed by atoms with Gasteiger partial charge in [-0.25, -0.2) is 13.6 Å². The summed E-state index contributed by atoms with van der Waals surface area (Å²) in [5, 5.41) is 2.04. The molecule has 1 aromatic carbocycles. The van der Waals surface area contributed by atoms with E-state index in [0.29, 0.717) is 0 Å². The monoisotopic (exact) mass is 272 g/mol. The minimum Gasteiger partial charge on any atom is -0.452 e. The summed E-state index contributed by atoms with van der Waals surface area (Å²) in [7, 11) is 0. The normalized spacial score (nSPS) is 9.79. The van der Waals surface area contributed by atoms with E-state index in [-0.39, 0.29) is 0 Å². The van der Waals surface area contributed by atoms with Crippen LogP contribution in [-0.2, 0) is 14.3 Å². The van der Waals surface area contributed by atoms with E-state index >= 15 is 0 Å². The molecular weight excluding hydrogens is 262 g/mol. The van der Waals surface area contributed by atoms with Crippen LogP contribution in [0.3, 0.4) is 0 Å². The number of primary amides is 1. The van der Waals surface area contributed by atoms with Gasteiger partial charge >= 0.3 is 5.97 Å². The number of esters is 1. The van der Waals surface area contributed by atoms with Gasteiger partial charge < -0.3 is 15.8 Å². The summed E-state index contributed by atoms with van der Waals surface area (Å²) in [4.78, 5) is 32.8. The van der Waals surface area contributed by atoms with Crippen molar-refractivity contribution in [1.82, 2.24) is 5.32 Å². The molecule has 0 heterocycles. The quantitative estimate of drug-likeness (QED) is 0.720. The zero-order chi connectivity index (χ0) is 14.4. The molecule has 3 N–H and O–H groups in total. The summed E-state index contributed by atoms with van der Waals surface area (Å²) in [5.41, 5.74) is 3.88. The Morgan fingerprint density at radius 1 is 1.21 bits per heavy atom. The summed E-state index contributed by atoms with van der Waals surface area (Å²) >= 11 is 0. The molecule has 1 rings (SSSR count). The van der Waals surface area contributed by atoms with Crippen molar-refractivity contribution in [2.45, 2.75) is 0 Å². The molecule has 0 spiro atoms. The summed E-state index contributed by atoms with van der Waals surface area (Å²) in [6.45, 7) is -1.20. The molecule has 0 saturated heterocycles. The molecule has 0 saturated carbocycles. The highest BCUT2D eigenvalue weighted by molar-refractivity contribution is 5.92. The first-order valence-corrected chi connectivity index (χ1v) is 5.08. The van der Waals surface area contributed by atoms with Gasteiger partial charge in [-0.2, -0.15) is 0 Å². The summed E-state index contributed by atoms with van der Waals surface area (Å²) < 4.78 is 30.8. The molecule has 0 unspecified atom stereocenters. The number of carbonyl (C=O) groups excluding carboxylic acids is 3. The van der Waals surface area contributed by atoms with Crippen molar-refractivity contribution in [2.75, 3.05) is 13.2 Å². The van der Waals surface area contributed by atoms with Gasteiger partial charge in [0.15, 0.2) is 6.61 Å². The molecule has 1 aromatic rings. The number of ether oxygens (including phenoxy) is 1. The molecule has 0 radical (unpaired) electrons. The third kappa shape index (κ3) is 4.34. The third-order valence-corrected chi connectivity index (χ3v) is 1.96. The average Bonchev–Trinajstić information content (AvgIpc) is 2.33. The van der Waals surface area contributed by atoms with Gasteiger partial charge in [0.25, 0.3) is 5.91 Å². The van der Waals surface area contributed by atoms with Crippen molar-refractivity contribution in [3.05, 3.63) is 35.4 Å². The van der Waals surface area contributed by atoms with Crippen LogP contribution in [0.5, 0.6) is 0 Å². The van der Waals surface area contributed by atoms with Gasteiger partial charge in [0, 0.05) is 0 Å². The van der Waals surface area contributed by atoms with Gasteiger partial charge in [0.1, 0.15) is 17.2 Å². The van der Waals surface area contributed by atoms with E-state index in [1.54, 1.807) is 0 Å². The predicted octanol–water partition coefficient (Wildman–Crippen LogP) is -0.277. The molecule has 0 bridgehead atoms. The van der Waals surface area contributed by atoms with Gasteiger partial charge in [-0.3, -0.25) is 9.59 Å². The number of nitrogens with two attached hydrogens (primary N) is 1. The van der Waals surface area contributed by atoms with Crippen molar-refractivity contribution < 1.29 is 27.9 Å². The van der Waals surface area contributed by atoms with Crippen LogP contribution >= 0.6 is 0 Å². The van der Waals surface area contributed by atoms with E-state index in [1.165, 1.54) is 0 Å². The van der Waals surface area contributed by atoms with Crippen molar-refractivity contribution in [1.29, 1.82) is 0 Å². The Hall–Kier alpha value is -2.51. The van der Waals surface area contributed by atoms with E-state index in [9.17, 15) is 23.2 Å². The van der Waals surface area contributed by atoms with Crippen LogP contribution < -0.4 is 11.1 Å². The number of carbonyl (C=O) groups is 3. The molecule has 2 amide bonds. The van der Waals surface area contributed by atoms with Crippen LogP contribution in [0.2, 0.25) is 0 Å². The predicted molar refractivity (Wildman–Crippen MR) is 58.8 cm³/mol. The van der Waals surface area contributed by atoms with Crippen LogP contribution in [0.15, 0.2) is 18.2 Å². The number of hydrogen-bond acceptors (Lipinski definition) is 4. The van der Waals surface area contributed by atoms with Gasteiger partial charge in [0.2, 0.25) is 5.91 Å². The summed E-state index contributed by atoms with van der Waals surface area (Å²) in [5.74, 6) is -5.10. The molecular formula is C11H10F2N2O4. The average molecular weight is 272 g/mol. The molecule has 102 valence electrons. The molecule has 0 atom stereocenters. The molecule has 6 nitrogen and oxygen atoms in total. The fourth-order valence-electron chi connectivity index (χ4n) is 1.13. The first kappa shape index (κ1) is 14.6. The Labute approximate surface area is 106 Å². The topological polar surface area (TPSA) is 98.5 Å². The maximum atomic E-state index is 13.2. The zero-order valence-electron chi connectivity index (χ0n) is 9.61. The lowest BCUT2D eigenvalue weighted by atomic mass is 10.2. The van der Waals surface area contributed by atoms with Crippen molar-refractivity contribution in [2.24, 2.45) is 5.73 Å². The van der Waals surface area contributed by atoms with Gasteiger partial charge in [-0.1, -0.05) is 6.07 Å². The number of hydrogen-bond donors (Lipinski definition) is 2. The van der Waals surface area contributed by atoms with Crippen LogP contribution in [-0.4, -0.2) is 30.9 Å². The third-order valence-electron chi connectivity index (χ3n) is 1.96. The second kappa shape index (κ2) is 6.43. The molecule has 0 aliphatic heterocycles. The Bertz CT molecular complexity index is 499. The van der Waals surface area contributed by atoms with Crippen LogP contribution in [0, 0.1) is 11.6 Å². The van der Waals surface area contributed by atoms with E-state index < -0.39 is 48.1 Å². The van der Waals surface area contributed by atoms with Gasteiger partial charge in [0.05, 0.1) is 6.54 Å². The lowest BCUT2D eigenvalue weighted by molar-refractivity contribution is -0.127. The lowest BCUT2D eigenvalue weighted by Crippen LogP contribution is -2.36. The standard InChI is InChI=1S/C11H10F2N2O4/c12-6-2-1-3-7(13)10(6)11(18)19-5-9(17)15-4-8(14)16/h1-3H,4-5H2,(H2,14,16)(H,15,17). The van der Waals surface area contributed by atoms with E-state index in [1.807, 2.05) is 5.32 Å².